The van der Waals surface area contributed by atoms with Gasteiger partial charge in [-0.25, -0.2) is 4.39 Å². The van der Waals surface area contributed by atoms with E-state index in [1.165, 1.54) is 0 Å². The van der Waals surface area contributed by atoms with Crippen LogP contribution in [-0.2, 0) is 6.54 Å². The molecule has 0 radical (unpaired) electrons. The summed E-state index contributed by atoms with van der Waals surface area (Å²) in [5.74, 6) is 0. The van der Waals surface area contributed by atoms with Gasteiger partial charge in [-0.2, -0.15) is 0 Å². The van der Waals surface area contributed by atoms with Crippen molar-refractivity contribution in [2.75, 3.05) is 12.8 Å². The van der Waals surface area contributed by atoms with Gasteiger partial charge in [-0.15, -0.1) is 0 Å². The molecule has 1 aliphatic rings. The lowest BCUT2D eigenvalue weighted by Crippen LogP contribution is -2.35. The van der Waals surface area contributed by atoms with Crippen LogP contribution in [0.2, 0.25) is 0 Å². The van der Waals surface area contributed by atoms with Crippen LogP contribution in [0.25, 0.3) is 0 Å². The zero-order valence-corrected chi connectivity index (χ0v) is 14.2. The predicted molar refractivity (Wildman–Crippen MR) is 84.9 cm³/mol. The molecule has 0 aliphatic heterocycles. The molecule has 2 rings (SSSR count). The Balaban J connectivity index is 2.04. The Hall–Kier alpha value is -0.130. The lowest BCUT2D eigenvalue weighted by molar-refractivity contribution is 0.137. The van der Waals surface area contributed by atoms with Crippen LogP contribution in [0.15, 0.2) is 21.1 Å². The maximum atomic E-state index is 13.2. The van der Waals surface area contributed by atoms with E-state index in [1.54, 1.807) is 0 Å². The number of halogens is 3. The van der Waals surface area contributed by atoms with E-state index in [-0.39, 0.29) is 0 Å². The van der Waals surface area contributed by atoms with Crippen molar-refractivity contribution < 1.29 is 4.39 Å². The second-order valence-corrected chi connectivity index (χ2v) is 7.05. The molecule has 1 saturated carbocycles. The van der Waals surface area contributed by atoms with Gasteiger partial charge in [0.05, 0.1) is 5.69 Å². The van der Waals surface area contributed by atoms with Gasteiger partial charge in [0.15, 0.2) is 0 Å². The number of benzene rings is 1. The number of nitrogen functional groups attached to an aromatic ring is 1. The van der Waals surface area contributed by atoms with Gasteiger partial charge in [-0.3, -0.25) is 4.90 Å². The van der Waals surface area contributed by atoms with Crippen LogP contribution in [0, 0.1) is 0 Å². The molecule has 1 aromatic carbocycles. The summed E-state index contributed by atoms with van der Waals surface area (Å²) < 4.78 is 15.1. The maximum Gasteiger partial charge on any atom is 0.100 e. The fourth-order valence-electron chi connectivity index (χ4n) is 2.64. The third kappa shape index (κ3) is 3.92. The first-order chi connectivity index (χ1) is 8.97. The molecule has 0 atom stereocenters. The summed E-state index contributed by atoms with van der Waals surface area (Å²) in [6.45, 7) is 0.797. The number of hydrogen-bond donors (Lipinski definition) is 1. The second kappa shape index (κ2) is 6.55. The van der Waals surface area contributed by atoms with Gasteiger partial charge in [0, 0.05) is 21.5 Å². The molecule has 2 N–H and O–H groups in total. The zero-order valence-electron chi connectivity index (χ0n) is 11.0. The summed E-state index contributed by atoms with van der Waals surface area (Å²) in [4.78, 5) is 2.29. The van der Waals surface area contributed by atoms with Crippen LogP contribution < -0.4 is 5.73 Å². The predicted octanol–water partition coefficient (Wildman–Crippen LogP) is 4.51. The number of nitrogens with two attached hydrogens (primary N) is 1. The summed E-state index contributed by atoms with van der Waals surface area (Å²) >= 11 is 6.95. The Morgan fingerprint density at radius 3 is 2.53 bits per heavy atom. The van der Waals surface area contributed by atoms with Crippen LogP contribution in [0.4, 0.5) is 10.1 Å². The van der Waals surface area contributed by atoms with E-state index in [0.29, 0.717) is 18.9 Å². The largest absolute Gasteiger partial charge is 0.398 e. The second-order valence-electron chi connectivity index (χ2n) is 5.28. The first-order valence-electron chi connectivity index (χ1n) is 6.55. The molecule has 0 unspecified atom stereocenters. The van der Waals surface area contributed by atoms with Crippen molar-refractivity contribution in [3.8, 4) is 0 Å². The highest BCUT2D eigenvalue weighted by molar-refractivity contribution is 9.11. The maximum absolute atomic E-state index is 13.2. The van der Waals surface area contributed by atoms with E-state index in [1.807, 2.05) is 6.07 Å². The number of alkyl halides is 1. The molecule has 19 heavy (non-hydrogen) atoms. The molecular weight excluding hydrogens is 375 g/mol. The summed E-state index contributed by atoms with van der Waals surface area (Å²) in [6, 6.07) is 4.47. The van der Waals surface area contributed by atoms with Crippen LogP contribution in [0.3, 0.4) is 0 Å². The van der Waals surface area contributed by atoms with Crippen LogP contribution in [0.5, 0.6) is 0 Å². The summed E-state index contributed by atoms with van der Waals surface area (Å²) in [5, 5.41) is 0. The molecule has 0 aromatic heterocycles. The average molecular weight is 394 g/mol. The van der Waals surface area contributed by atoms with E-state index in [9.17, 15) is 4.39 Å². The van der Waals surface area contributed by atoms with E-state index in [2.05, 4.69) is 49.9 Å². The Bertz CT molecular complexity index is 445. The van der Waals surface area contributed by atoms with Gasteiger partial charge in [0.1, 0.15) is 6.17 Å². The summed E-state index contributed by atoms with van der Waals surface area (Å²) in [5.41, 5.74) is 7.99. The molecule has 1 aliphatic carbocycles. The minimum Gasteiger partial charge on any atom is -0.398 e. The lowest BCUT2D eigenvalue weighted by atomic mass is 9.93. The minimum absolute atomic E-state index is 0.462. The first-order valence-corrected chi connectivity index (χ1v) is 8.13. The van der Waals surface area contributed by atoms with Gasteiger partial charge in [-0.1, -0.05) is 15.9 Å². The Labute approximate surface area is 130 Å². The molecule has 0 saturated heterocycles. The monoisotopic (exact) mass is 392 g/mol. The molecule has 106 valence electrons. The Morgan fingerprint density at radius 2 is 1.89 bits per heavy atom. The zero-order chi connectivity index (χ0) is 14.0. The standard InChI is InChI=1S/C14H19Br2FN2/c1-19(12-4-2-11(17)3-5-12)8-9-6-10(15)7-13(16)14(9)18/h6-7,11-12H,2-5,8,18H2,1H3. The van der Waals surface area contributed by atoms with Crippen molar-refractivity contribution in [1.29, 1.82) is 0 Å². The highest BCUT2D eigenvalue weighted by Gasteiger charge is 2.24. The Kier molecular flexibility index (Phi) is 5.26. The summed E-state index contributed by atoms with van der Waals surface area (Å²) in [7, 11) is 2.09. The number of nitrogens with zero attached hydrogens (tertiary/aromatic N) is 1. The molecule has 1 aromatic rings. The fraction of sp³-hybridized carbons (Fsp3) is 0.571. The first kappa shape index (κ1) is 15.3. The van der Waals surface area contributed by atoms with Crippen LogP contribution in [-0.4, -0.2) is 24.2 Å². The van der Waals surface area contributed by atoms with E-state index >= 15 is 0 Å². The fourth-order valence-corrected chi connectivity index (χ4v) is 3.96. The average Bonchev–Trinajstić information content (AvgIpc) is 2.36. The van der Waals surface area contributed by atoms with Gasteiger partial charge < -0.3 is 5.73 Å². The third-order valence-corrected chi connectivity index (χ3v) is 4.96. The van der Waals surface area contributed by atoms with Crippen molar-refractivity contribution in [3.05, 3.63) is 26.6 Å². The third-order valence-electron chi connectivity index (χ3n) is 3.85. The summed E-state index contributed by atoms with van der Waals surface area (Å²) in [6.07, 6.45) is 2.65. The minimum atomic E-state index is -0.602. The molecule has 0 heterocycles. The molecule has 0 amide bonds. The molecule has 2 nitrogen and oxygen atoms in total. The smallest absolute Gasteiger partial charge is 0.100 e. The normalized spacial score (nSPS) is 23.8. The van der Waals surface area contributed by atoms with Gasteiger partial charge in [-0.05, 0) is 66.4 Å². The van der Waals surface area contributed by atoms with Crippen molar-refractivity contribution in [1.82, 2.24) is 4.90 Å². The van der Waals surface area contributed by atoms with Crippen molar-refractivity contribution >= 4 is 37.5 Å². The SMILES string of the molecule is CN(Cc1cc(Br)cc(Br)c1N)C1CCC(F)CC1. The molecule has 0 bridgehead atoms. The van der Waals surface area contributed by atoms with Crippen molar-refractivity contribution in [2.45, 2.75) is 44.4 Å². The van der Waals surface area contributed by atoms with Crippen molar-refractivity contribution in [2.24, 2.45) is 0 Å². The Morgan fingerprint density at radius 1 is 1.26 bits per heavy atom. The van der Waals surface area contributed by atoms with Gasteiger partial charge >= 0.3 is 0 Å². The molecule has 1 fully saturated rings. The highest BCUT2D eigenvalue weighted by Crippen LogP contribution is 2.31. The topological polar surface area (TPSA) is 29.3 Å². The lowest BCUT2D eigenvalue weighted by Gasteiger charge is -2.32. The molecular formula is C14H19Br2FN2. The van der Waals surface area contributed by atoms with Gasteiger partial charge in [0.25, 0.3) is 0 Å². The quantitative estimate of drug-likeness (QED) is 0.765. The molecule has 5 heteroatoms. The number of hydrogen-bond acceptors (Lipinski definition) is 2. The van der Waals surface area contributed by atoms with E-state index in [0.717, 1.165) is 39.6 Å². The number of anilines is 1. The van der Waals surface area contributed by atoms with Crippen molar-refractivity contribution in [3.63, 3.8) is 0 Å². The highest BCUT2D eigenvalue weighted by atomic mass is 79.9. The van der Waals surface area contributed by atoms with E-state index < -0.39 is 6.17 Å². The number of rotatable bonds is 3. The molecule has 0 spiro atoms. The van der Waals surface area contributed by atoms with Crippen LogP contribution in [0.1, 0.15) is 31.2 Å². The van der Waals surface area contributed by atoms with Gasteiger partial charge in [0.2, 0.25) is 0 Å². The van der Waals surface area contributed by atoms with E-state index in [4.69, 9.17) is 5.73 Å². The van der Waals surface area contributed by atoms with Crippen LogP contribution >= 0.6 is 31.9 Å².